The molecule has 1 unspecified atom stereocenters. The number of fused-ring (bicyclic) bond motifs is 1. The molecule has 31 heavy (non-hydrogen) atoms. The van der Waals surface area contributed by atoms with Crippen molar-refractivity contribution in [1.29, 1.82) is 0 Å². The molecule has 2 heterocycles. The third kappa shape index (κ3) is 4.21. The normalized spacial score (nSPS) is 13.4. The zero-order valence-corrected chi connectivity index (χ0v) is 17.3. The van der Waals surface area contributed by atoms with E-state index in [4.69, 9.17) is 9.15 Å². The molecule has 158 valence electrons. The number of aryl methyl sites for hydroxylation is 1. The molecule has 7 nitrogen and oxygen atoms in total. The van der Waals surface area contributed by atoms with Gasteiger partial charge in [-0.2, -0.15) is 0 Å². The summed E-state index contributed by atoms with van der Waals surface area (Å²) in [7, 11) is 0. The van der Waals surface area contributed by atoms with E-state index in [1.165, 1.54) is 12.3 Å². The molecule has 1 atom stereocenters. The number of ether oxygens (including phenoxy) is 1. The highest BCUT2D eigenvalue weighted by molar-refractivity contribution is 6.04. The van der Waals surface area contributed by atoms with Crippen molar-refractivity contribution in [2.75, 3.05) is 16.8 Å². The zero-order chi connectivity index (χ0) is 22.0. The van der Waals surface area contributed by atoms with Crippen molar-refractivity contribution in [3.8, 4) is 0 Å². The van der Waals surface area contributed by atoms with Crippen LogP contribution in [0, 0.1) is 6.92 Å². The number of anilines is 2. The maximum Gasteiger partial charge on any atom is 0.338 e. The first-order chi connectivity index (χ1) is 14.9. The SMILES string of the molecule is Cc1ccc(C(=O)OC(C)C(=O)N2CCc3ccccc32)cc1NC(=O)c1ccco1. The molecule has 3 aromatic rings. The van der Waals surface area contributed by atoms with Crippen LogP contribution in [0.4, 0.5) is 11.4 Å². The summed E-state index contributed by atoms with van der Waals surface area (Å²) in [6, 6.07) is 15.7. The zero-order valence-electron chi connectivity index (χ0n) is 17.3. The van der Waals surface area contributed by atoms with Gasteiger partial charge in [-0.05, 0) is 61.7 Å². The molecule has 4 rings (SSSR count). The predicted molar refractivity (Wildman–Crippen MR) is 115 cm³/mol. The minimum Gasteiger partial charge on any atom is -0.459 e. The smallest absolute Gasteiger partial charge is 0.338 e. The number of hydrogen-bond acceptors (Lipinski definition) is 5. The van der Waals surface area contributed by atoms with E-state index in [1.807, 2.05) is 31.2 Å². The molecule has 0 aliphatic carbocycles. The summed E-state index contributed by atoms with van der Waals surface area (Å²) in [5.41, 5.74) is 3.43. The Labute approximate surface area is 179 Å². The highest BCUT2D eigenvalue weighted by Gasteiger charge is 2.30. The van der Waals surface area contributed by atoms with Crippen LogP contribution in [0.25, 0.3) is 0 Å². The van der Waals surface area contributed by atoms with Crippen molar-refractivity contribution < 1.29 is 23.5 Å². The number of hydrogen-bond donors (Lipinski definition) is 1. The van der Waals surface area contributed by atoms with Crippen LogP contribution in [0.3, 0.4) is 0 Å². The monoisotopic (exact) mass is 418 g/mol. The van der Waals surface area contributed by atoms with Gasteiger partial charge in [0.1, 0.15) is 0 Å². The molecule has 7 heteroatoms. The van der Waals surface area contributed by atoms with E-state index in [9.17, 15) is 14.4 Å². The van der Waals surface area contributed by atoms with Gasteiger partial charge >= 0.3 is 5.97 Å². The lowest BCUT2D eigenvalue weighted by atomic mass is 10.1. The lowest BCUT2D eigenvalue weighted by molar-refractivity contribution is -0.126. The quantitative estimate of drug-likeness (QED) is 0.633. The second-order valence-electron chi connectivity index (χ2n) is 7.38. The molecule has 0 bridgehead atoms. The number of amides is 2. The largest absolute Gasteiger partial charge is 0.459 e. The first kappa shape index (κ1) is 20.4. The Balaban J connectivity index is 1.45. The van der Waals surface area contributed by atoms with Crippen LogP contribution in [0.2, 0.25) is 0 Å². The fraction of sp³-hybridized carbons (Fsp3) is 0.208. The Morgan fingerprint density at radius 3 is 2.68 bits per heavy atom. The van der Waals surface area contributed by atoms with Gasteiger partial charge in [0.05, 0.1) is 11.8 Å². The molecule has 2 amide bonds. The van der Waals surface area contributed by atoms with Crippen LogP contribution in [-0.2, 0) is 16.0 Å². The van der Waals surface area contributed by atoms with Crippen LogP contribution in [0.15, 0.2) is 65.3 Å². The number of carbonyl (C=O) groups excluding carboxylic acids is 3. The summed E-state index contributed by atoms with van der Waals surface area (Å²) in [6.07, 6.45) is 1.24. The molecule has 2 aromatic carbocycles. The van der Waals surface area contributed by atoms with E-state index in [-0.39, 0.29) is 17.2 Å². The van der Waals surface area contributed by atoms with Crippen LogP contribution >= 0.6 is 0 Å². The van der Waals surface area contributed by atoms with Crippen LogP contribution in [0.5, 0.6) is 0 Å². The molecule has 0 radical (unpaired) electrons. The van der Waals surface area contributed by atoms with Crippen molar-refractivity contribution in [1.82, 2.24) is 0 Å². The Morgan fingerprint density at radius 2 is 1.90 bits per heavy atom. The number of furan rings is 1. The minimum atomic E-state index is -0.943. The van der Waals surface area contributed by atoms with Crippen molar-refractivity contribution in [3.05, 3.63) is 83.3 Å². The fourth-order valence-corrected chi connectivity index (χ4v) is 3.54. The summed E-state index contributed by atoms with van der Waals surface area (Å²) in [5, 5.41) is 2.72. The van der Waals surface area contributed by atoms with E-state index in [0.717, 1.165) is 23.2 Å². The van der Waals surface area contributed by atoms with Gasteiger partial charge in [0, 0.05) is 17.9 Å². The number of para-hydroxylation sites is 1. The number of carbonyl (C=O) groups is 3. The van der Waals surface area contributed by atoms with Crippen molar-refractivity contribution in [3.63, 3.8) is 0 Å². The number of benzene rings is 2. The summed E-state index contributed by atoms with van der Waals surface area (Å²) >= 11 is 0. The summed E-state index contributed by atoms with van der Waals surface area (Å²) in [6.45, 7) is 3.94. The molecule has 0 fully saturated rings. The van der Waals surface area contributed by atoms with Gasteiger partial charge in [-0.1, -0.05) is 24.3 Å². The third-order valence-corrected chi connectivity index (χ3v) is 5.25. The topological polar surface area (TPSA) is 88.9 Å². The van der Waals surface area contributed by atoms with Crippen LogP contribution in [-0.4, -0.2) is 30.4 Å². The predicted octanol–water partition coefficient (Wildman–Crippen LogP) is 3.97. The van der Waals surface area contributed by atoms with Crippen LogP contribution < -0.4 is 10.2 Å². The molecular weight excluding hydrogens is 396 g/mol. The van der Waals surface area contributed by atoms with Crippen molar-refractivity contribution in [2.45, 2.75) is 26.4 Å². The van der Waals surface area contributed by atoms with Gasteiger partial charge in [-0.15, -0.1) is 0 Å². The van der Waals surface area contributed by atoms with E-state index in [1.54, 1.807) is 36.1 Å². The van der Waals surface area contributed by atoms with Gasteiger partial charge in [0.15, 0.2) is 11.9 Å². The number of esters is 1. The van der Waals surface area contributed by atoms with Gasteiger partial charge in [-0.3, -0.25) is 9.59 Å². The Hall–Kier alpha value is -3.87. The molecule has 0 saturated carbocycles. The first-order valence-corrected chi connectivity index (χ1v) is 10.00. The Bertz CT molecular complexity index is 1140. The average Bonchev–Trinajstić information content (AvgIpc) is 3.45. The number of nitrogens with zero attached hydrogens (tertiary/aromatic N) is 1. The van der Waals surface area contributed by atoms with E-state index >= 15 is 0 Å². The minimum absolute atomic E-state index is 0.164. The van der Waals surface area contributed by atoms with E-state index in [2.05, 4.69) is 5.32 Å². The maximum atomic E-state index is 12.9. The Morgan fingerprint density at radius 1 is 1.10 bits per heavy atom. The first-order valence-electron chi connectivity index (χ1n) is 10.00. The lowest BCUT2D eigenvalue weighted by Crippen LogP contribution is -2.39. The van der Waals surface area contributed by atoms with Gasteiger partial charge in [-0.25, -0.2) is 4.79 Å². The third-order valence-electron chi connectivity index (χ3n) is 5.25. The van der Waals surface area contributed by atoms with E-state index in [0.29, 0.717) is 12.2 Å². The molecule has 1 aliphatic rings. The summed E-state index contributed by atoms with van der Waals surface area (Å²) in [4.78, 5) is 39.4. The molecular formula is C24H22N2O5. The molecule has 0 spiro atoms. The maximum absolute atomic E-state index is 12.9. The van der Waals surface area contributed by atoms with E-state index < -0.39 is 18.0 Å². The number of nitrogens with one attached hydrogen (secondary N) is 1. The standard InChI is InChI=1S/C24H22N2O5/c1-15-9-10-18(14-19(15)25-22(27)21-8-5-13-30-21)24(29)31-16(2)23(28)26-12-11-17-6-3-4-7-20(17)26/h3-10,13-14,16H,11-12H2,1-2H3,(H,25,27). The highest BCUT2D eigenvalue weighted by Crippen LogP contribution is 2.28. The Kier molecular flexibility index (Phi) is 5.58. The molecule has 1 N–H and O–H groups in total. The van der Waals surface area contributed by atoms with Gasteiger partial charge in [0.2, 0.25) is 0 Å². The summed E-state index contributed by atoms with van der Waals surface area (Å²) in [5.74, 6) is -1.16. The highest BCUT2D eigenvalue weighted by atomic mass is 16.5. The number of rotatable bonds is 5. The van der Waals surface area contributed by atoms with Gasteiger partial charge in [0.25, 0.3) is 11.8 Å². The fourth-order valence-electron chi connectivity index (χ4n) is 3.54. The van der Waals surface area contributed by atoms with Crippen molar-refractivity contribution in [2.24, 2.45) is 0 Å². The average molecular weight is 418 g/mol. The summed E-state index contributed by atoms with van der Waals surface area (Å²) < 4.78 is 10.5. The molecule has 1 aromatic heterocycles. The lowest BCUT2D eigenvalue weighted by Gasteiger charge is -2.22. The molecule has 1 aliphatic heterocycles. The molecule has 0 saturated heterocycles. The van der Waals surface area contributed by atoms with Gasteiger partial charge < -0.3 is 19.4 Å². The second-order valence-corrected chi connectivity index (χ2v) is 7.38. The van der Waals surface area contributed by atoms with Crippen molar-refractivity contribution >= 4 is 29.2 Å². The second kappa shape index (κ2) is 8.47. The van der Waals surface area contributed by atoms with Crippen LogP contribution in [0.1, 0.15) is 39.0 Å².